The summed E-state index contributed by atoms with van der Waals surface area (Å²) in [4.78, 5) is 31.6. The second-order valence-electron chi connectivity index (χ2n) is 16.2. The van der Waals surface area contributed by atoms with Crippen molar-refractivity contribution in [2.45, 2.75) is 62.7 Å². The van der Waals surface area contributed by atoms with E-state index >= 15 is 4.79 Å². The lowest BCUT2D eigenvalue weighted by Gasteiger charge is -2.37. The van der Waals surface area contributed by atoms with Crippen molar-refractivity contribution in [3.63, 3.8) is 0 Å². The summed E-state index contributed by atoms with van der Waals surface area (Å²) in [6, 6.07) is 32.0. The van der Waals surface area contributed by atoms with Crippen LogP contribution in [0.2, 0.25) is 18.6 Å². The molecule has 58 heavy (non-hydrogen) atoms. The van der Waals surface area contributed by atoms with E-state index in [1.165, 1.54) is 5.19 Å². The van der Waals surface area contributed by atoms with E-state index in [1.54, 1.807) is 19.1 Å². The molecule has 8 rings (SSSR count). The molecule has 5 aromatic rings. The van der Waals surface area contributed by atoms with Crippen molar-refractivity contribution in [1.29, 1.82) is 0 Å². The molecular formula is C45H52N6O6Si. The summed E-state index contributed by atoms with van der Waals surface area (Å²) in [5.74, 6) is 0.923. The first-order valence-electron chi connectivity index (χ1n) is 20.1. The topological polar surface area (TPSA) is 131 Å². The van der Waals surface area contributed by atoms with E-state index < -0.39 is 13.7 Å². The maximum absolute atomic E-state index is 15.4. The van der Waals surface area contributed by atoms with Crippen molar-refractivity contribution in [2.75, 3.05) is 50.3 Å². The SMILES string of the molecule is COc1ccc([Si](C)(C)[C@H]2[C@H](CCn3cc(C(CO)c4ccccc4)nn3)O[C@@]3(C(=O)N(Cc4ccc(N5CCNCC5=O)cc4)c4ccc(OC)cc43)[C@@H]2C)cc1. The number of amides is 2. The number of anilines is 2. The van der Waals surface area contributed by atoms with Crippen LogP contribution in [0.4, 0.5) is 11.4 Å². The van der Waals surface area contributed by atoms with E-state index in [0.29, 0.717) is 44.0 Å². The van der Waals surface area contributed by atoms with E-state index in [0.717, 1.165) is 40.4 Å². The van der Waals surface area contributed by atoms with Crippen molar-refractivity contribution in [1.82, 2.24) is 20.3 Å². The third kappa shape index (κ3) is 6.99. The predicted octanol–water partition coefficient (Wildman–Crippen LogP) is 5.21. The summed E-state index contributed by atoms with van der Waals surface area (Å²) in [5, 5.41) is 23.7. The highest BCUT2D eigenvalue weighted by molar-refractivity contribution is 6.91. The van der Waals surface area contributed by atoms with Crippen LogP contribution in [0.1, 0.15) is 41.6 Å². The van der Waals surface area contributed by atoms with Gasteiger partial charge in [0.15, 0.2) is 5.60 Å². The summed E-state index contributed by atoms with van der Waals surface area (Å²) in [6.07, 6.45) is 2.21. The number of benzene rings is 4. The smallest absolute Gasteiger partial charge is 0.264 e. The maximum Gasteiger partial charge on any atom is 0.264 e. The lowest BCUT2D eigenvalue weighted by atomic mass is 9.82. The average molecular weight is 801 g/mol. The Bertz CT molecular complexity index is 2250. The van der Waals surface area contributed by atoms with E-state index in [1.807, 2.05) is 101 Å². The lowest BCUT2D eigenvalue weighted by Crippen LogP contribution is -2.51. The van der Waals surface area contributed by atoms with Crippen molar-refractivity contribution in [3.05, 3.63) is 126 Å². The Morgan fingerprint density at radius 1 is 0.966 bits per heavy atom. The summed E-state index contributed by atoms with van der Waals surface area (Å²) in [7, 11) is 0.919. The zero-order valence-corrected chi connectivity index (χ0v) is 34.8. The molecule has 13 heteroatoms. The molecule has 2 saturated heterocycles. The van der Waals surface area contributed by atoms with Crippen molar-refractivity contribution in [3.8, 4) is 11.5 Å². The van der Waals surface area contributed by atoms with Crippen molar-refractivity contribution < 1.29 is 28.9 Å². The number of hydrogen-bond acceptors (Lipinski definition) is 9. The molecule has 2 N–H and O–H groups in total. The number of carbonyl (C=O) groups is 2. The van der Waals surface area contributed by atoms with Crippen molar-refractivity contribution >= 4 is 36.4 Å². The molecule has 0 radical (unpaired) electrons. The van der Waals surface area contributed by atoms with Crippen LogP contribution in [0.25, 0.3) is 0 Å². The Morgan fingerprint density at radius 3 is 2.38 bits per heavy atom. The van der Waals surface area contributed by atoms with Gasteiger partial charge in [0.2, 0.25) is 5.91 Å². The first kappa shape index (κ1) is 39.5. The fourth-order valence-corrected chi connectivity index (χ4v) is 13.6. The van der Waals surface area contributed by atoms with Crippen LogP contribution in [0.15, 0.2) is 103 Å². The van der Waals surface area contributed by atoms with E-state index in [9.17, 15) is 9.90 Å². The lowest BCUT2D eigenvalue weighted by molar-refractivity contribution is -0.146. The molecule has 0 saturated carbocycles. The summed E-state index contributed by atoms with van der Waals surface area (Å²) in [6.45, 7) is 9.39. The van der Waals surface area contributed by atoms with Crippen LogP contribution in [0, 0.1) is 5.92 Å². The third-order valence-electron chi connectivity index (χ3n) is 12.7. The number of aromatic nitrogens is 3. The standard InChI is InChI=1S/C45H52N6O6Si/c1-30-43(58(4,5)36-18-15-34(55-2)16-19-36)41(21-23-49-28-39(47-48-49)37(29-52)32-9-7-6-8-10-32)57-45(30)38-25-35(56-3)17-20-40(38)51(44(45)54)27-31-11-13-33(14-12-31)50-24-22-46-26-42(50)53/h6-20,25,28,30,37,41,43,46,52H,21-24,26-27,29H2,1-5H3/t30-,37?,41+,43-,45+/m1/s1. The first-order valence-corrected chi connectivity index (χ1v) is 23.2. The number of ether oxygens (including phenoxy) is 3. The fourth-order valence-electron chi connectivity index (χ4n) is 9.59. The number of aliphatic hydroxyl groups is 1. The number of hydrogen-bond donors (Lipinski definition) is 2. The second-order valence-corrected chi connectivity index (χ2v) is 20.8. The van der Waals surface area contributed by atoms with E-state index in [2.05, 4.69) is 47.8 Å². The molecule has 0 bridgehead atoms. The van der Waals surface area contributed by atoms with E-state index in [4.69, 9.17) is 14.2 Å². The van der Waals surface area contributed by atoms with Gasteiger partial charge in [0.25, 0.3) is 5.91 Å². The molecule has 1 unspecified atom stereocenters. The number of nitrogens with zero attached hydrogens (tertiary/aromatic N) is 5. The molecule has 2 fully saturated rings. The van der Waals surface area contributed by atoms with Gasteiger partial charge in [-0.25, -0.2) is 0 Å². The number of fused-ring (bicyclic) bond motifs is 2. The average Bonchev–Trinajstić information content (AvgIpc) is 3.91. The van der Waals surface area contributed by atoms with Gasteiger partial charge in [0.05, 0.1) is 65.4 Å². The van der Waals surface area contributed by atoms with Crippen LogP contribution >= 0.6 is 0 Å². The fraction of sp³-hybridized carbons (Fsp3) is 0.378. The van der Waals surface area contributed by atoms with Crippen LogP contribution in [0.5, 0.6) is 11.5 Å². The molecule has 1 aromatic heterocycles. The van der Waals surface area contributed by atoms with Gasteiger partial charge in [-0.05, 0) is 65.6 Å². The number of aryl methyl sites for hydroxylation is 1. The monoisotopic (exact) mass is 800 g/mol. The molecule has 1 spiro atoms. The van der Waals surface area contributed by atoms with Gasteiger partial charge in [-0.1, -0.05) is 85.0 Å². The third-order valence-corrected chi connectivity index (χ3v) is 17.0. The highest BCUT2D eigenvalue weighted by atomic mass is 28.3. The van der Waals surface area contributed by atoms with Crippen LogP contribution in [-0.2, 0) is 33.0 Å². The summed E-state index contributed by atoms with van der Waals surface area (Å²) in [5.41, 5.74) is 3.86. The van der Waals surface area contributed by atoms with Crippen LogP contribution in [-0.4, -0.2) is 86.6 Å². The Kier molecular flexibility index (Phi) is 11.0. The molecule has 4 aromatic carbocycles. The Hall–Kier alpha value is -5.34. The normalized spacial score (nSPS) is 22.4. The van der Waals surface area contributed by atoms with Crippen LogP contribution in [0.3, 0.4) is 0 Å². The van der Waals surface area contributed by atoms with E-state index in [-0.39, 0.29) is 41.9 Å². The molecule has 5 atom stereocenters. The van der Waals surface area contributed by atoms with Crippen molar-refractivity contribution in [2.24, 2.45) is 5.92 Å². The first-order chi connectivity index (χ1) is 28.1. The molecule has 4 heterocycles. The minimum absolute atomic E-state index is 0.0252. The molecular weight excluding hydrogens is 749 g/mol. The summed E-state index contributed by atoms with van der Waals surface area (Å²) < 4.78 is 20.5. The highest BCUT2D eigenvalue weighted by Gasteiger charge is 2.66. The largest absolute Gasteiger partial charge is 0.497 e. The quantitative estimate of drug-likeness (QED) is 0.154. The Balaban J connectivity index is 1.14. The molecule has 302 valence electrons. The van der Waals surface area contributed by atoms with Gasteiger partial charge in [-0.3, -0.25) is 14.3 Å². The molecule has 0 aliphatic carbocycles. The Labute approximate surface area is 340 Å². The number of methoxy groups -OCH3 is 2. The van der Waals surface area contributed by atoms with Gasteiger partial charge in [0.1, 0.15) is 11.5 Å². The second kappa shape index (κ2) is 16.1. The van der Waals surface area contributed by atoms with Crippen LogP contribution < -0.4 is 29.8 Å². The molecule has 12 nitrogen and oxygen atoms in total. The number of nitrogens with one attached hydrogen (secondary N) is 1. The molecule has 3 aliphatic rings. The number of piperazine rings is 1. The zero-order chi connectivity index (χ0) is 40.6. The minimum atomic E-state index is -2.40. The summed E-state index contributed by atoms with van der Waals surface area (Å²) >= 11 is 0. The molecule has 2 amide bonds. The Morgan fingerprint density at radius 2 is 1.69 bits per heavy atom. The predicted molar refractivity (Wildman–Crippen MR) is 225 cm³/mol. The minimum Gasteiger partial charge on any atom is -0.497 e. The zero-order valence-electron chi connectivity index (χ0n) is 33.8. The highest BCUT2D eigenvalue weighted by Crippen LogP contribution is 2.60. The van der Waals surface area contributed by atoms with Gasteiger partial charge in [0, 0.05) is 43.0 Å². The maximum atomic E-state index is 15.4. The molecule has 3 aliphatic heterocycles. The number of aliphatic hydroxyl groups excluding tert-OH is 1. The number of rotatable bonds is 13. The van der Waals surface area contributed by atoms with Gasteiger partial charge < -0.3 is 34.4 Å². The van der Waals surface area contributed by atoms with Gasteiger partial charge in [-0.15, -0.1) is 5.10 Å². The van der Waals surface area contributed by atoms with Gasteiger partial charge >= 0.3 is 0 Å². The van der Waals surface area contributed by atoms with Gasteiger partial charge in [-0.2, -0.15) is 0 Å². The number of carbonyl (C=O) groups excluding carboxylic acids is 2.